The van der Waals surface area contributed by atoms with Gasteiger partial charge in [0, 0.05) is 36.7 Å². The summed E-state index contributed by atoms with van der Waals surface area (Å²) in [6.45, 7) is 0.239. The van der Waals surface area contributed by atoms with E-state index in [9.17, 15) is 18.0 Å². The molecule has 0 saturated heterocycles. The van der Waals surface area contributed by atoms with Gasteiger partial charge in [-0.3, -0.25) is 9.78 Å². The van der Waals surface area contributed by atoms with E-state index in [0.29, 0.717) is 17.1 Å². The highest BCUT2D eigenvalue weighted by Gasteiger charge is 2.38. The molecule has 0 spiro atoms. The smallest absolute Gasteiger partial charge is 0.348 e. The largest absolute Gasteiger partial charge is 0.435 e. The van der Waals surface area contributed by atoms with Gasteiger partial charge >= 0.3 is 6.18 Å². The van der Waals surface area contributed by atoms with Gasteiger partial charge in [-0.2, -0.15) is 18.3 Å². The van der Waals surface area contributed by atoms with Gasteiger partial charge in [0.2, 0.25) is 0 Å². The number of aromatic nitrogens is 4. The fourth-order valence-electron chi connectivity index (χ4n) is 2.82. The van der Waals surface area contributed by atoms with Gasteiger partial charge in [-0.25, -0.2) is 9.67 Å². The zero-order valence-corrected chi connectivity index (χ0v) is 14.6. The van der Waals surface area contributed by atoms with Crippen molar-refractivity contribution in [2.24, 2.45) is 0 Å². The topological polar surface area (TPSA) is 72.7 Å². The predicted molar refractivity (Wildman–Crippen MR) is 93.7 cm³/mol. The lowest BCUT2D eigenvalue weighted by atomic mass is 10.2. The molecule has 3 heterocycles. The van der Waals surface area contributed by atoms with Crippen molar-refractivity contribution in [1.82, 2.24) is 25.1 Å². The Bertz CT molecular complexity index is 979. The SMILES string of the molecule is O=C(NCc1ccc(-n2nc(C(F)(F)F)cc2C2CC2)nc1)c1cccnc1. The van der Waals surface area contributed by atoms with E-state index in [-0.39, 0.29) is 18.4 Å². The van der Waals surface area contributed by atoms with Crippen LogP contribution in [0.15, 0.2) is 48.9 Å². The van der Waals surface area contributed by atoms with Crippen LogP contribution in [0.25, 0.3) is 5.82 Å². The molecule has 0 radical (unpaired) electrons. The average molecular weight is 387 g/mol. The van der Waals surface area contributed by atoms with Gasteiger partial charge < -0.3 is 5.32 Å². The third-order valence-corrected chi connectivity index (χ3v) is 4.43. The van der Waals surface area contributed by atoms with E-state index in [4.69, 9.17) is 0 Å². The summed E-state index contributed by atoms with van der Waals surface area (Å²) in [5.41, 5.74) is 0.774. The number of nitrogens with zero attached hydrogens (tertiary/aromatic N) is 4. The second-order valence-electron chi connectivity index (χ2n) is 6.59. The molecule has 1 N–H and O–H groups in total. The predicted octanol–water partition coefficient (Wildman–Crippen LogP) is 3.49. The van der Waals surface area contributed by atoms with Crippen molar-refractivity contribution in [3.8, 4) is 5.82 Å². The highest BCUT2D eigenvalue weighted by Crippen LogP contribution is 2.42. The Morgan fingerprint density at radius 3 is 2.64 bits per heavy atom. The Labute approximate surface area is 158 Å². The van der Waals surface area contributed by atoms with Crippen LogP contribution in [0.3, 0.4) is 0 Å². The molecule has 1 amide bonds. The van der Waals surface area contributed by atoms with Gasteiger partial charge in [0.15, 0.2) is 11.5 Å². The molecule has 0 aromatic carbocycles. The summed E-state index contributed by atoms with van der Waals surface area (Å²) in [6.07, 6.45) is 1.76. The summed E-state index contributed by atoms with van der Waals surface area (Å²) in [6, 6.07) is 7.73. The molecule has 1 saturated carbocycles. The average Bonchev–Trinajstić information content (AvgIpc) is 3.44. The highest BCUT2D eigenvalue weighted by molar-refractivity contribution is 5.93. The molecule has 4 rings (SSSR count). The van der Waals surface area contributed by atoms with E-state index < -0.39 is 11.9 Å². The first-order chi connectivity index (χ1) is 13.4. The van der Waals surface area contributed by atoms with Crippen LogP contribution in [0.2, 0.25) is 0 Å². The summed E-state index contributed by atoms with van der Waals surface area (Å²) >= 11 is 0. The quantitative estimate of drug-likeness (QED) is 0.727. The standard InChI is InChI=1S/C19H16F3N5O/c20-19(21,22)16-8-15(13-4-5-13)27(26-16)17-6-3-12(9-24-17)10-25-18(28)14-2-1-7-23-11-14/h1-3,6-9,11,13H,4-5,10H2,(H,25,28). The van der Waals surface area contributed by atoms with E-state index in [0.717, 1.165) is 24.5 Å². The van der Waals surface area contributed by atoms with E-state index in [1.807, 2.05) is 0 Å². The third kappa shape index (κ3) is 3.88. The Morgan fingerprint density at radius 2 is 2.04 bits per heavy atom. The van der Waals surface area contributed by atoms with Gasteiger partial charge in [-0.15, -0.1) is 0 Å². The van der Waals surface area contributed by atoms with Crippen molar-refractivity contribution in [1.29, 1.82) is 0 Å². The second-order valence-corrected chi connectivity index (χ2v) is 6.59. The van der Waals surface area contributed by atoms with Crippen LogP contribution >= 0.6 is 0 Å². The maximum atomic E-state index is 13.0. The first kappa shape index (κ1) is 18.1. The lowest BCUT2D eigenvalue weighted by Crippen LogP contribution is -2.23. The molecule has 1 aliphatic carbocycles. The minimum absolute atomic E-state index is 0.0869. The monoisotopic (exact) mass is 387 g/mol. The number of carbonyl (C=O) groups excluding carboxylic acids is 1. The van der Waals surface area contributed by atoms with Crippen LogP contribution in [0, 0.1) is 0 Å². The fraction of sp³-hybridized carbons (Fsp3) is 0.263. The summed E-state index contributed by atoms with van der Waals surface area (Å²) in [5.74, 6) is 0.138. The van der Waals surface area contributed by atoms with Crippen LogP contribution in [-0.4, -0.2) is 25.7 Å². The molecule has 1 aliphatic rings. The number of amides is 1. The number of hydrogen-bond donors (Lipinski definition) is 1. The molecular formula is C19H16F3N5O. The molecule has 6 nitrogen and oxygen atoms in total. The summed E-state index contributed by atoms with van der Waals surface area (Å²) in [5, 5.41) is 6.46. The summed E-state index contributed by atoms with van der Waals surface area (Å²) in [4.78, 5) is 20.2. The first-order valence-electron chi connectivity index (χ1n) is 8.72. The maximum absolute atomic E-state index is 13.0. The molecule has 3 aromatic rings. The van der Waals surface area contributed by atoms with Crippen molar-refractivity contribution in [2.75, 3.05) is 0 Å². The number of carbonyl (C=O) groups is 1. The Balaban J connectivity index is 1.49. The molecule has 3 aromatic heterocycles. The zero-order chi connectivity index (χ0) is 19.7. The van der Waals surface area contributed by atoms with Crippen molar-refractivity contribution >= 4 is 5.91 Å². The number of halogens is 3. The van der Waals surface area contributed by atoms with E-state index in [2.05, 4.69) is 20.4 Å². The molecule has 9 heteroatoms. The molecular weight excluding hydrogens is 371 g/mol. The van der Waals surface area contributed by atoms with Gasteiger partial charge in [0.1, 0.15) is 0 Å². The van der Waals surface area contributed by atoms with Gasteiger partial charge in [-0.1, -0.05) is 6.07 Å². The molecule has 0 atom stereocenters. The number of rotatable bonds is 5. The Morgan fingerprint density at radius 1 is 1.21 bits per heavy atom. The van der Waals surface area contributed by atoms with E-state index >= 15 is 0 Å². The molecule has 1 fully saturated rings. The molecule has 0 unspecified atom stereocenters. The number of hydrogen-bond acceptors (Lipinski definition) is 4. The van der Waals surface area contributed by atoms with Gasteiger partial charge in [0.05, 0.1) is 5.56 Å². The minimum atomic E-state index is -4.49. The van der Waals surface area contributed by atoms with Crippen molar-refractivity contribution < 1.29 is 18.0 Å². The van der Waals surface area contributed by atoms with E-state index in [1.54, 1.807) is 30.5 Å². The van der Waals surface area contributed by atoms with Crippen molar-refractivity contribution in [2.45, 2.75) is 31.5 Å². The Hall–Kier alpha value is -3.23. The van der Waals surface area contributed by atoms with Crippen LogP contribution < -0.4 is 5.32 Å². The molecule has 28 heavy (non-hydrogen) atoms. The number of nitrogens with one attached hydrogen (secondary N) is 1. The first-order valence-corrected chi connectivity index (χ1v) is 8.72. The molecule has 0 bridgehead atoms. The fourth-order valence-corrected chi connectivity index (χ4v) is 2.82. The van der Waals surface area contributed by atoms with Crippen molar-refractivity contribution in [3.63, 3.8) is 0 Å². The summed E-state index contributed by atoms with van der Waals surface area (Å²) in [7, 11) is 0. The zero-order valence-electron chi connectivity index (χ0n) is 14.6. The lowest BCUT2D eigenvalue weighted by Gasteiger charge is -2.08. The molecule has 0 aliphatic heterocycles. The van der Waals surface area contributed by atoms with E-state index in [1.165, 1.54) is 17.1 Å². The highest BCUT2D eigenvalue weighted by atomic mass is 19.4. The van der Waals surface area contributed by atoms with Crippen LogP contribution in [0.1, 0.15) is 46.1 Å². The number of pyridine rings is 2. The van der Waals surface area contributed by atoms with Crippen LogP contribution in [0.5, 0.6) is 0 Å². The Kier molecular flexibility index (Phi) is 4.58. The second kappa shape index (κ2) is 7.06. The maximum Gasteiger partial charge on any atom is 0.435 e. The van der Waals surface area contributed by atoms with Crippen LogP contribution in [0.4, 0.5) is 13.2 Å². The van der Waals surface area contributed by atoms with Gasteiger partial charge in [-0.05, 0) is 42.7 Å². The van der Waals surface area contributed by atoms with Crippen LogP contribution in [-0.2, 0) is 12.7 Å². The number of alkyl halides is 3. The molecule has 144 valence electrons. The summed E-state index contributed by atoms with van der Waals surface area (Å²) < 4.78 is 40.3. The minimum Gasteiger partial charge on any atom is -0.348 e. The lowest BCUT2D eigenvalue weighted by molar-refractivity contribution is -0.141. The third-order valence-electron chi connectivity index (χ3n) is 4.43. The van der Waals surface area contributed by atoms with Gasteiger partial charge in [0.25, 0.3) is 5.91 Å². The normalized spacial score (nSPS) is 14.1. The van der Waals surface area contributed by atoms with Crippen molar-refractivity contribution in [3.05, 3.63) is 71.4 Å².